The van der Waals surface area contributed by atoms with Crippen LogP contribution in [-0.2, 0) is 32.3 Å². The summed E-state index contributed by atoms with van der Waals surface area (Å²) in [6.07, 6.45) is -0.704. The van der Waals surface area contributed by atoms with E-state index < -0.39 is 20.0 Å². The maximum Gasteiger partial charge on any atom is 0.475 e. The molecule has 0 aliphatic carbocycles. The molecule has 0 saturated carbocycles. The summed E-state index contributed by atoms with van der Waals surface area (Å²) in [7, 11) is -2.37. The van der Waals surface area contributed by atoms with Crippen LogP contribution in [0.2, 0.25) is 0 Å². The first-order valence-corrected chi connectivity index (χ1v) is 11.2. The topological polar surface area (TPSA) is 97.0 Å². The minimum atomic E-state index is -3.95. The molecule has 0 radical (unpaired) electrons. The van der Waals surface area contributed by atoms with Crippen LogP contribution in [0, 0.1) is 6.57 Å². The van der Waals surface area contributed by atoms with Crippen molar-refractivity contribution in [3.05, 3.63) is 11.4 Å². The van der Waals surface area contributed by atoms with Crippen LogP contribution in [-0.4, -0.2) is 75.2 Å². The molecule has 0 aromatic rings. The molecule has 0 spiro atoms. The molecule has 164 valence electrons. The second kappa shape index (κ2) is 12.9. The first-order chi connectivity index (χ1) is 13.4. The van der Waals surface area contributed by atoms with Crippen LogP contribution in [0.3, 0.4) is 0 Å². The highest BCUT2D eigenvalue weighted by Crippen LogP contribution is 2.52. The number of nitrogens with zero attached hydrogens (tertiary/aromatic N) is 1. The van der Waals surface area contributed by atoms with E-state index in [0.717, 1.165) is 6.42 Å². The minimum absolute atomic E-state index is 0.0136. The van der Waals surface area contributed by atoms with Gasteiger partial charge in [0.05, 0.1) is 31.5 Å². The number of hydrogen-bond donors (Lipinski definition) is 1. The molecule has 10 heteroatoms. The van der Waals surface area contributed by atoms with Crippen LogP contribution in [0.4, 0.5) is 0 Å². The van der Waals surface area contributed by atoms with E-state index in [9.17, 15) is 9.67 Å². The molecule has 1 N–H and O–H groups in total. The van der Waals surface area contributed by atoms with E-state index in [0.29, 0.717) is 6.42 Å². The first-order valence-electron chi connectivity index (χ1n) is 9.76. The van der Waals surface area contributed by atoms with E-state index in [-0.39, 0.29) is 50.8 Å². The van der Waals surface area contributed by atoms with Gasteiger partial charge < -0.3 is 24.2 Å². The van der Waals surface area contributed by atoms with Crippen molar-refractivity contribution >= 4 is 7.82 Å². The molecule has 2 fully saturated rings. The number of methoxy groups -OCH3 is 1. The highest BCUT2D eigenvalue weighted by Gasteiger charge is 2.42. The molecule has 0 aromatic heterocycles. The number of rotatable bonds is 10. The van der Waals surface area contributed by atoms with Gasteiger partial charge in [-0.05, 0) is 13.8 Å². The lowest BCUT2D eigenvalue weighted by Gasteiger charge is -2.25. The molecule has 0 bridgehead atoms. The quantitative estimate of drug-likeness (QED) is 0.326. The van der Waals surface area contributed by atoms with Crippen molar-refractivity contribution in [2.75, 3.05) is 33.5 Å². The van der Waals surface area contributed by atoms with E-state index in [1.807, 2.05) is 27.7 Å². The number of ether oxygens (including phenoxy) is 3. The Bertz CT molecular complexity index is 528. The lowest BCUT2D eigenvalue weighted by atomic mass is 10.1. The van der Waals surface area contributed by atoms with Crippen LogP contribution in [0.25, 0.3) is 4.85 Å². The Hall–Kier alpha value is -0.560. The molecular formula is C18H34NO8P. The second-order valence-corrected chi connectivity index (χ2v) is 8.12. The van der Waals surface area contributed by atoms with E-state index in [4.69, 9.17) is 34.4 Å². The molecule has 2 aliphatic heterocycles. The van der Waals surface area contributed by atoms with E-state index >= 15 is 0 Å². The van der Waals surface area contributed by atoms with Crippen molar-refractivity contribution in [1.29, 1.82) is 0 Å². The summed E-state index contributed by atoms with van der Waals surface area (Å²) in [6.45, 7) is 14.3. The summed E-state index contributed by atoms with van der Waals surface area (Å²) in [5.74, 6) is 0. The van der Waals surface area contributed by atoms with Crippen molar-refractivity contribution in [1.82, 2.24) is 0 Å². The largest absolute Gasteiger partial charge is 0.475 e. The molecule has 0 aromatic carbocycles. The van der Waals surface area contributed by atoms with Crippen LogP contribution >= 0.6 is 7.82 Å². The van der Waals surface area contributed by atoms with Crippen LogP contribution in [0.15, 0.2) is 0 Å². The fraction of sp³-hybridized carbons (Fsp3) is 0.944. The molecule has 9 nitrogen and oxygen atoms in total. The number of phosphoric acid groups is 1. The van der Waals surface area contributed by atoms with Gasteiger partial charge in [0.15, 0.2) is 0 Å². The number of hydrogen-bond acceptors (Lipinski definition) is 8. The van der Waals surface area contributed by atoms with Gasteiger partial charge in [0.25, 0.3) is 0 Å². The minimum Gasteiger partial charge on any atom is -0.394 e. The SMILES string of the molecule is CC.[C-]#[N+]CCOP(=O)(OC[C@H]1O[C@@H](C)C[C@H]1OC)O[C@@H]1C[C@H](C)O[C@@H]1CO. The first kappa shape index (κ1) is 25.5. The van der Waals surface area contributed by atoms with Gasteiger partial charge in [-0.25, -0.2) is 11.1 Å². The maximum atomic E-state index is 13.0. The predicted octanol–water partition coefficient (Wildman–Crippen LogP) is 2.82. The zero-order chi connectivity index (χ0) is 21.2. The molecule has 2 aliphatic rings. The summed E-state index contributed by atoms with van der Waals surface area (Å²) >= 11 is 0. The van der Waals surface area contributed by atoms with Crippen LogP contribution < -0.4 is 0 Å². The second-order valence-electron chi connectivity index (χ2n) is 6.50. The standard InChI is InChI=1S/C16H28NO8P.C2H6/c1-11-7-13(20-4)16(24-11)10-22-26(19,21-6-5-17-3)25-14-8-12(2)23-15(14)9-18;1-2/h11-16,18H,5-10H2,1-2,4H3;1-2H3/t11-,12-,13+,14+,15+,16+,26?;/m0./s1. The van der Waals surface area contributed by atoms with Crippen LogP contribution in [0.5, 0.6) is 0 Å². The molecule has 2 heterocycles. The Labute approximate surface area is 168 Å². The van der Waals surface area contributed by atoms with Crippen molar-refractivity contribution in [3.63, 3.8) is 0 Å². The number of aliphatic hydroxyl groups excluding tert-OH is 1. The van der Waals surface area contributed by atoms with Crippen molar-refractivity contribution < 1.29 is 37.5 Å². The zero-order valence-electron chi connectivity index (χ0n) is 17.4. The van der Waals surface area contributed by atoms with Gasteiger partial charge in [0.1, 0.15) is 24.9 Å². The Morgan fingerprint density at radius 3 is 2.29 bits per heavy atom. The average Bonchev–Trinajstić information content (AvgIpc) is 3.23. The van der Waals surface area contributed by atoms with Gasteiger partial charge in [0, 0.05) is 20.0 Å². The maximum absolute atomic E-state index is 13.0. The van der Waals surface area contributed by atoms with Crippen molar-refractivity contribution in [2.45, 2.75) is 77.2 Å². The highest BCUT2D eigenvalue weighted by atomic mass is 31.2. The fourth-order valence-electron chi connectivity index (χ4n) is 3.13. The van der Waals surface area contributed by atoms with Crippen LogP contribution in [0.1, 0.15) is 40.5 Å². The average molecular weight is 423 g/mol. The number of aliphatic hydroxyl groups is 1. The molecule has 2 saturated heterocycles. The lowest BCUT2D eigenvalue weighted by molar-refractivity contribution is -0.0447. The Morgan fingerprint density at radius 2 is 1.71 bits per heavy atom. The normalized spacial score (nSPS) is 34.3. The van der Waals surface area contributed by atoms with Gasteiger partial charge in [-0.3, -0.25) is 13.6 Å². The third-order valence-corrected chi connectivity index (χ3v) is 5.86. The summed E-state index contributed by atoms with van der Waals surface area (Å²) in [6, 6.07) is 0. The molecule has 1 unspecified atom stereocenters. The summed E-state index contributed by atoms with van der Waals surface area (Å²) in [4.78, 5) is 3.17. The molecular weight excluding hydrogens is 389 g/mol. The lowest BCUT2D eigenvalue weighted by Crippen LogP contribution is -2.30. The summed E-state index contributed by atoms with van der Waals surface area (Å²) in [5, 5.41) is 9.41. The Balaban J connectivity index is 0.00000190. The smallest absolute Gasteiger partial charge is 0.394 e. The van der Waals surface area contributed by atoms with Gasteiger partial charge in [-0.1, -0.05) is 13.8 Å². The summed E-state index contributed by atoms with van der Waals surface area (Å²) < 4.78 is 46.0. The molecule has 2 rings (SSSR count). The van der Waals surface area contributed by atoms with E-state index in [1.54, 1.807) is 7.11 Å². The number of phosphoric ester groups is 1. The van der Waals surface area contributed by atoms with Gasteiger partial charge >= 0.3 is 7.82 Å². The molecule has 0 amide bonds. The van der Waals surface area contributed by atoms with Crippen molar-refractivity contribution in [2.24, 2.45) is 0 Å². The van der Waals surface area contributed by atoms with E-state index in [1.165, 1.54) is 0 Å². The third kappa shape index (κ3) is 7.69. The molecule has 28 heavy (non-hydrogen) atoms. The molecule has 7 atom stereocenters. The fourth-order valence-corrected chi connectivity index (χ4v) is 4.52. The van der Waals surface area contributed by atoms with Gasteiger partial charge in [-0.2, -0.15) is 0 Å². The van der Waals surface area contributed by atoms with Gasteiger partial charge in [-0.15, -0.1) is 0 Å². The monoisotopic (exact) mass is 423 g/mol. The van der Waals surface area contributed by atoms with Crippen molar-refractivity contribution in [3.8, 4) is 0 Å². The van der Waals surface area contributed by atoms with E-state index in [2.05, 4.69) is 4.85 Å². The third-order valence-electron chi connectivity index (χ3n) is 4.37. The Kier molecular flexibility index (Phi) is 11.7. The Morgan fingerprint density at radius 1 is 1.11 bits per heavy atom. The van der Waals surface area contributed by atoms with Gasteiger partial charge in [0.2, 0.25) is 6.54 Å². The summed E-state index contributed by atoms with van der Waals surface area (Å²) in [5.41, 5.74) is 0. The highest BCUT2D eigenvalue weighted by molar-refractivity contribution is 7.48. The predicted molar refractivity (Wildman–Crippen MR) is 103 cm³/mol. The zero-order valence-corrected chi connectivity index (χ0v) is 18.3.